The first-order valence-electron chi connectivity index (χ1n) is 10.0. The van der Waals surface area contributed by atoms with Gasteiger partial charge in [-0.25, -0.2) is 0 Å². The van der Waals surface area contributed by atoms with Crippen LogP contribution in [-0.4, -0.2) is 40.2 Å². The summed E-state index contributed by atoms with van der Waals surface area (Å²) in [6.07, 6.45) is 0. The van der Waals surface area contributed by atoms with Crippen LogP contribution in [0.4, 0.5) is 11.4 Å². The van der Waals surface area contributed by atoms with Crippen LogP contribution in [0, 0.1) is 13.8 Å². The van der Waals surface area contributed by atoms with Gasteiger partial charge in [0.25, 0.3) is 5.91 Å². The van der Waals surface area contributed by atoms with E-state index in [4.69, 9.17) is 5.73 Å². The lowest BCUT2D eigenvalue weighted by molar-refractivity contribution is -0.888. The molecule has 2 aromatic carbocycles. The molecular weight excluding hydrogens is 416 g/mol. The molecule has 0 fully saturated rings. The predicted octanol–water partition coefficient (Wildman–Crippen LogP) is 1.94. The van der Waals surface area contributed by atoms with Gasteiger partial charge in [-0.2, -0.15) is 4.36 Å². The molecule has 1 unspecified atom stereocenters. The summed E-state index contributed by atoms with van der Waals surface area (Å²) in [5.74, 6) is -0.650. The van der Waals surface area contributed by atoms with Crippen molar-refractivity contribution in [1.29, 1.82) is 0 Å². The average Bonchev–Trinajstić information content (AvgIpc) is 2.69. The highest BCUT2D eigenvalue weighted by atomic mass is 32.2. The molecule has 4 N–H and O–H groups in total. The third kappa shape index (κ3) is 8.87. The number of nitrogen functional groups attached to an aromatic ring is 1. The van der Waals surface area contributed by atoms with Gasteiger partial charge in [0.2, 0.25) is 5.91 Å². The molecule has 8 nitrogen and oxygen atoms in total. The molecule has 0 saturated carbocycles. The molecule has 0 radical (unpaired) electrons. The highest BCUT2D eigenvalue weighted by Gasteiger charge is 2.12. The number of carbonyl (C=O) groups is 2. The largest absolute Gasteiger partial charge is 0.760 e. The minimum absolute atomic E-state index is 0.0399. The Bertz CT molecular complexity index is 988. The summed E-state index contributed by atoms with van der Waals surface area (Å²) >= 11 is 0. The Balaban J connectivity index is 0.000000316. The summed E-state index contributed by atoms with van der Waals surface area (Å²) in [6, 6.07) is 11.5. The Morgan fingerprint density at radius 2 is 1.58 bits per heavy atom. The van der Waals surface area contributed by atoms with E-state index < -0.39 is 15.9 Å². The Hall–Kier alpha value is -2.75. The monoisotopic (exact) mass is 448 g/mol. The van der Waals surface area contributed by atoms with Crippen LogP contribution < -0.4 is 16.0 Å². The van der Waals surface area contributed by atoms with E-state index >= 15 is 0 Å². The second kappa shape index (κ2) is 12.2. The maximum Gasteiger partial charge on any atom is 0.279 e. The molecule has 9 heteroatoms. The van der Waals surface area contributed by atoms with Gasteiger partial charge in [-0.1, -0.05) is 18.2 Å². The van der Waals surface area contributed by atoms with Crippen molar-refractivity contribution < 1.29 is 23.3 Å². The lowest BCUT2D eigenvalue weighted by Gasteiger charge is -2.16. The molecule has 0 bridgehead atoms. The molecule has 0 spiro atoms. The molecule has 0 aliphatic rings. The maximum absolute atomic E-state index is 11.9. The van der Waals surface area contributed by atoms with E-state index in [2.05, 4.69) is 23.5 Å². The Morgan fingerprint density at radius 3 is 2.03 bits per heavy atom. The SMILES string of the molecule is CC(=O)N=S(=O)([O-])c1ccc(N)cc1.CC[NH+](CC)CC(=O)Nc1c(C)cccc1C. The van der Waals surface area contributed by atoms with E-state index in [1.165, 1.54) is 29.2 Å². The standard InChI is InChI=1S/C14H22N2O.C8H10N2O3S/c1-5-16(6-2)10-13(17)15-14-11(3)8-7-9-12(14)4;1-6(11)10-14(12,13)8-4-2-7(9)3-5-8/h7-9H,5-6,10H2,1-4H3,(H,15,17);2-5H,9H2,1H3,(H,10,11,12,13). The second-order valence-corrected chi connectivity index (χ2v) is 8.71. The number of hydrogen-bond donors (Lipinski definition) is 3. The maximum atomic E-state index is 11.9. The summed E-state index contributed by atoms with van der Waals surface area (Å²) < 4.78 is 25.7. The first-order chi connectivity index (χ1) is 14.5. The molecule has 0 saturated heterocycles. The zero-order valence-electron chi connectivity index (χ0n) is 18.7. The van der Waals surface area contributed by atoms with Crippen molar-refractivity contribution >= 4 is 33.2 Å². The number of benzene rings is 2. The molecule has 0 aliphatic heterocycles. The fourth-order valence-corrected chi connectivity index (χ4v) is 3.71. The third-order valence-corrected chi connectivity index (χ3v) is 5.95. The van der Waals surface area contributed by atoms with Crippen molar-refractivity contribution in [3.8, 4) is 0 Å². The lowest BCUT2D eigenvalue weighted by atomic mass is 10.1. The zero-order chi connectivity index (χ0) is 23.6. The normalized spacial score (nSPS) is 12.4. The number of rotatable bonds is 6. The van der Waals surface area contributed by atoms with Crippen molar-refractivity contribution in [1.82, 2.24) is 0 Å². The number of carbonyl (C=O) groups excluding carboxylic acids is 2. The molecule has 0 heterocycles. The van der Waals surface area contributed by atoms with E-state index in [9.17, 15) is 18.4 Å². The first-order valence-corrected chi connectivity index (χ1v) is 11.5. The van der Waals surface area contributed by atoms with E-state index in [1.807, 2.05) is 32.0 Å². The van der Waals surface area contributed by atoms with Gasteiger partial charge >= 0.3 is 0 Å². The van der Waals surface area contributed by atoms with E-state index in [0.717, 1.165) is 36.8 Å². The Morgan fingerprint density at radius 1 is 1.06 bits per heavy atom. The van der Waals surface area contributed by atoms with Crippen molar-refractivity contribution in [3.05, 3.63) is 53.6 Å². The third-order valence-electron chi connectivity index (χ3n) is 4.58. The van der Waals surface area contributed by atoms with Gasteiger partial charge in [0.15, 0.2) is 6.54 Å². The minimum atomic E-state index is -3.86. The van der Waals surface area contributed by atoms with Gasteiger partial charge < -0.3 is 20.5 Å². The van der Waals surface area contributed by atoms with Gasteiger partial charge in [-0.3, -0.25) is 13.8 Å². The van der Waals surface area contributed by atoms with E-state index in [0.29, 0.717) is 12.2 Å². The number of amides is 2. The highest BCUT2D eigenvalue weighted by molar-refractivity contribution is 7.88. The van der Waals surface area contributed by atoms with Crippen LogP contribution in [0.5, 0.6) is 0 Å². The van der Waals surface area contributed by atoms with Crippen LogP contribution in [0.25, 0.3) is 0 Å². The summed E-state index contributed by atoms with van der Waals surface area (Å²) in [4.78, 5) is 23.7. The van der Waals surface area contributed by atoms with Crippen LogP contribution >= 0.6 is 0 Å². The van der Waals surface area contributed by atoms with Crippen molar-refractivity contribution in [2.45, 2.75) is 39.5 Å². The first kappa shape index (κ1) is 26.3. The fraction of sp³-hybridized carbons (Fsp3) is 0.364. The molecule has 1 atom stereocenters. The number of aryl methyl sites for hydroxylation is 2. The summed E-state index contributed by atoms with van der Waals surface area (Å²) in [5.41, 5.74) is 9.03. The number of nitrogens with two attached hydrogens (primary N) is 1. The molecule has 0 aromatic heterocycles. The number of nitrogens with zero attached hydrogens (tertiary/aromatic N) is 1. The van der Waals surface area contributed by atoms with Crippen molar-refractivity contribution in [3.63, 3.8) is 0 Å². The van der Waals surface area contributed by atoms with Gasteiger partial charge in [-0.15, -0.1) is 0 Å². The number of hydrogen-bond acceptors (Lipinski definition) is 5. The number of para-hydroxylation sites is 1. The molecule has 2 amide bonds. The highest BCUT2D eigenvalue weighted by Crippen LogP contribution is 2.18. The Kier molecular flexibility index (Phi) is 10.3. The summed E-state index contributed by atoms with van der Waals surface area (Å²) in [5, 5.41) is 3.02. The molecule has 170 valence electrons. The van der Waals surface area contributed by atoms with Crippen LogP contribution in [0.15, 0.2) is 51.7 Å². The van der Waals surface area contributed by atoms with Gasteiger partial charge in [0, 0.05) is 33.2 Å². The van der Waals surface area contributed by atoms with Crippen LogP contribution in [0.1, 0.15) is 31.9 Å². The van der Waals surface area contributed by atoms with Gasteiger partial charge in [-0.05, 0) is 63.1 Å². The smallest absolute Gasteiger partial charge is 0.279 e. The minimum Gasteiger partial charge on any atom is -0.760 e. The van der Waals surface area contributed by atoms with Crippen molar-refractivity contribution in [2.24, 2.45) is 4.36 Å². The number of nitrogens with one attached hydrogen (secondary N) is 2. The molecule has 0 aliphatic carbocycles. The van der Waals surface area contributed by atoms with E-state index in [1.54, 1.807) is 0 Å². The number of quaternary nitrogens is 1. The molecule has 2 aromatic rings. The number of anilines is 2. The van der Waals surface area contributed by atoms with E-state index in [-0.39, 0.29) is 10.8 Å². The van der Waals surface area contributed by atoms with Gasteiger partial charge in [0.05, 0.1) is 13.1 Å². The lowest BCUT2D eigenvalue weighted by Crippen LogP contribution is -3.12. The summed E-state index contributed by atoms with van der Waals surface area (Å²) in [6.45, 7) is 11.8. The van der Waals surface area contributed by atoms with Crippen LogP contribution in [0.3, 0.4) is 0 Å². The van der Waals surface area contributed by atoms with Gasteiger partial charge in [0.1, 0.15) is 0 Å². The Labute approximate surface area is 184 Å². The average molecular weight is 449 g/mol. The summed E-state index contributed by atoms with van der Waals surface area (Å²) in [7, 11) is -3.86. The second-order valence-electron chi connectivity index (χ2n) is 7.10. The van der Waals surface area contributed by atoms with Crippen LogP contribution in [0.2, 0.25) is 0 Å². The molecule has 31 heavy (non-hydrogen) atoms. The molecular formula is C22H32N4O4S. The molecule has 2 rings (SSSR count). The quantitative estimate of drug-likeness (QED) is 0.582. The number of likely N-dealkylation sites (N-methyl/N-ethyl adjacent to an activating group) is 1. The van der Waals surface area contributed by atoms with Crippen molar-refractivity contribution in [2.75, 3.05) is 30.7 Å². The topological polar surface area (TPSA) is 129 Å². The van der Waals surface area contributed by atoms with Crippen LogP contribution in [-0.2, 0) is 19.6 Å². The zero-order valence-corrected chi connectivity index (χ0v) is 19.5. The fourth-order valence-electron chi connectivity index (χ4n) is 2.78. The predicted molar refractivity (Wildman–Crippen MR) is 123 cm³/mol.